The average Bonchev–Trinajstić information content (AvgIpc) is 1.86. The predicted molar refractivity (Wildman–Crippen MR) is 41.4 cm³/mol. The second-order valence-corrected chi connectivity index (χ2v) is 4.40. The van der Waals surface area contributed by atoms with Gasteiger partial charge in [0, 0.05) is 4.47 Å². The molecule has 3 nitrogen and oxygen atoms in total. The fourth-order valence-electron chi connectivity index (χ4n) is 0.646. The smallest absolute Gasteiger partial charge is 0.0181 e. The van der Waals surface area contributed by atoms with Gasteiger partial charge in [0.25, 0.3) is 0 Å². The van der Waals surface area contributed by atoms with Crippen LogP contribution in [0.2, 0.25) is 0 Å². The molecule has 0 aliphatic rings. The number of rotatable bonds is 1. The molecule has 0 atom stereocenters. The minimum atomic E-state index is -4.58. The van der Waals surface area contributed by atoms with E-state index in [0.717, 1.165) is 0 Å². The summed E-state index contributed by atoms with van der Waals surface area (Å²) >= 11 is 3.06. The Balaban J connectivity index is 3.17. The summed E-state index contributed by atoms with van der Waals surface area (Å²) in [4.78, 5) is 20.9. The standard InChI is InChI=1S/C6H6BrO3P/c7-5-2-1-3-6(4-5)11(8,9)10/h1-4H,(H2,8,9,10)/p-2. The lowest BCUT2D eigenvalue weighted by Crippen LogP contribution is -2.24. The molecule has 1 aromatic rings. The van der Waals surface area contributed by atoms with Crippen molar-refractivity contribution in [3.63, 3.8) is 0 Å². The molecule has 0 aromatic heterocycles. The van der Waals surface area contributed by atoms with Gasteiger partial charge in [-0.05, 0) is 25.0 Å². The van der Waals surface area contributed by atoms with Crippen molar-refractivity contribution < 1.29 is 14.4 Å². The van der Waals surface area contributed by atoms with E-state index in [-0.39, 0.29) is 5.30 Å². The Hall–Kier alpha value is -0.150. The fourth-order valence-corrected chi connectivity index (χ4v) is 1.79. The van der Waals surface area contributed by atoms with Gasteiger partial charge >= 0.3 is 0 Å². The Morgan fingerprint density at radius 2 is 2.00 bits per heavy atom. The molecule has 0 saturated carbocycles. The molecule has 0 N–H and O–H groups in total. The number of halogens is 1. The maximum absolute atomic E-state index is 10.4. The van der Waals surface area contributed by atoms with E-state index >= 15 is 0 Å². The average molecular weight is 235 g/mol. The second kappa shape index (κ2) is 3.07. The van der Waals surface area contributed by atoms with E-state index in [0.29, 0.717) is 4.47 Å². The Kier molecular flexibility index (Phi) is 2.50. The van der Waals surface area contributed by atoms with Crippen molar-refractivity contribution in [3.8, 4) is 0 Å². The first-order chi connectivity index (χ1) is 5.00. The van der Waals surface area contributed by atoms with Gasteiger partial charge in [-0.25, -0.2) is 0 Å². The van der Waals surface area contributed by atoms with Crippen LogP contribution < -0.4 is 15.1 Å². The van der Waals surface area contributed by atoms with Crippen molar-refractivity contribution in [3.05, 3.63) is 28.7 Å². The molecule has 1 rings (SSSR count). The first kappa shape index (κ1) is 8.94. The first-order valence-corrected chi connectivity index (χ1v) is 5.12. The zero-order valence-electron chi connectivity index (χ0n) is 5.36. The largest absolute Gasteiger partial charge is 0.807 e. The van der Waals surface area contributed by atoms with Gasteiger partial charge in [-0.1, -0.05) is 28.1 Å². The highest BCUT2D eigenvalue weighted by Gasteiger charge is 1.96. The van der Waals surface area contributed by atoms with Gasteiger partial charge in [-0.15, -0.1) is 0 Å². The van der Waals surface area contributed by atoms with Crippen LogP contribution in [-0.4, -0.2) is 0 Å². The van der Waals surface area contributed by atoms with E-state index in [1.807, 2.05) is 0 Å². The van der Waals surface area contributed by atoms with Crippen molar-refractivity contribution in [2.24, 2.45) is 0 Å². The molecular formula is C6H4BrO3P-2. The van der Waals surface area contributed by atoms with E-state index in [1.54, 1.807) is 6.07 Å². The molecular weight excluding hydrogens is 231 g/mol. The Labute approximate surface area is 72.4 Å². The Morgan fingerprint density at radius 1 is 1.36 bits per heavy atom. The Bertz CT molecular complexity index is 306. The molecule has 0 spiro atoms. The highest BCUT2D eigenvalue weighted by atomic mass is 79.9. The number of benzene rings is 1. The summed E-state index contributed by atoms with van der Waals surface area (Å²) in [5, 5.41) is -0.188. The maximum atomic E-state index is 10.4. The van der Waals surface area contributed by atoms with Crippen LogP contribution in [0.3, 0.4) is 0 Å². The SMILES string of the molecule is O=P([O-])([O-])c1cccc(Br)c1. The van der Waals surface area contributed by atoms with Crippen LogP contribution in [0.5, 0.6) is 0 Å². The van der Waals surface area contributed by atoms with E-state index in [1.165, 1.54) is 18.2 Å². The molecule has 0 aliphatic heterocycles. The molecule has 60 valence electrons. The highest BCUT2D eigenvalue weighted by molar-refractivity contribution is 9.10. The monoisotopic (exact) mass is 234 g/mol. The summed E-state index contributed by atoms with van der Waals surface area (Å²) in [6.07, 6.45) is 0. The highest BCUT2D eigenvalue weighted by Crippen LogP contribution is 2.23. The van der Waals surface area contributed by atoms with Crippen LogP contribution in [-0.2, 0) is 4.57 Å². The molecule has 0 bridgehead atoms. The molecule has 11 heavy (non-hydrogen) atoms. The lowest BCUT2D eigenvalue weighted by Gasteiger charge is -2.29. The van der Waals surface area contributed by atoms with E-state index in [9.17, 15) is 14.4 Å². The molecule has 0 fully saturated rings. The van der Waals surface area contributed by atoms with Crippen molar-refractivity contribution in [2.45, 2.75) is 0 Å². The molecule has 0 saturated heterocycles. The quantitative estimate of drug-likeness (QED) is 0.643. The van der Waals surface area contributed by atoms with Gasteiger partial charge in [0.05, 0.1) is 0 Å². The van der Waals surface area contributed by atoms with Crippen molar-refractivity contribution >= 4 is 28.8 Å². The van der Waals surface area contributed by atoms with Crippen LogP contribution in [0, 0.1) is 0 Å². The van der Waals surface area contributed by atoms with Crippen molar-refractivity contribution in [1.82, 2.24) is 0 Å². The lowest BCUT2D eigenvalue weighted by atomic mass is 10.4. The molecule has 5 heteroatoms. The predicted octanol–water partition coefficient (Wildman–Crippen LogP) is -0.0119. The van der Waals surface area contributed by atoms with Gasteiger partial charge < -0.3 is 14.4 Å². The Morgan fingerprint density at radius 3 is 2.36 bits per heavy atom. The summed E-state index contributed by atoms with van der Waals surface area (Å²) in [5.74, 6) is 0. The van der Waals surface area contributed by atoms with Crippen LogP contribution in [0.25, 0.3) is 0 Å². The van der Waals surface area contributed by atoms with E-state index in [4.69, 9.17) is 0 Å². The normalized spacial score (nSPS) is 11.5. The van der Waals surface area contributed by atoms with Gasteiger partial charge in [-0.2, -0.15) is 0 Å². The summed E-state index contributed by atoms with van der Waals surface area (Å²) < 4.78 is 11.0. The summed E-state index contributed by atoms with van der Waals surface area (Å²) in [6, 6.07) is 5.70. The maximum Gasteiger partial charge on any atom is 0.0181 e. The third-order valence-corrected chi connectivity index (χ3v) is 2.53. The topological polar surface area (TPSA) is 63.2 Å². The van der Waals surface area contributed by atoms with E-state index in [2.05, 4.69) is 15.9 Å². The van der Waals surface area contributed by atoms with Gasteiger partial charge in [-0.3, -0.25) is 0 Å². The molecule has 0 unspecified atom stereocenters. The molecule has 0 radical (unpaired) electrons. The second-order valence-electron chi connectivity index (χ2n) is 1.98. The third kappa shape index (κ3) is 2.42. The van der Waals surface area contributed by atoms with Gasteiger partial charge in [0.15, 0.2) is 0 Å². The number of hydrogen-bond donors (Lipinski definition) is 0. The summed E-state index contributed by atoms with van der Waals surface area (Å²) in [6.45, 7) is 0. The zero-order valence-corrected chi connectivity index (χ0v) is 7.84. The van der Waals surface area contributed by atoms with Gasteiger partial charge in [0.1, 0.15) is 0 Å². The first-order valence-electron chi connectivity index (χ1n) is 2.78. The van der Waals surface area contributed by atoms with Crippen LogP contribution in [0.15, 0.2) is 28.7 Å². The van der Waals surface area contributed by atoms with Crippen LogP contribution >= 0.6 is 23.5 Å². The van der Waals surface area contributed by atoms with Crippen molar-refractivity contribution in [1.29, 1.82) is 0 Å². The molecule has 0 heterocycles. The van der Waals surface area contributed by atoms with Gasteiger partial charge in [0.2, 0.25) is 0 Å². The van der Waals surface area contributed by atoms with Crippen LogP contribution in [0.1, 0.15) is 0 Å². The molecule has 1 aromatic carbocycles. The lowest BCUT2D eigenvalue weighted by molar-refractivity contribution is -0.307. The third-order valence-electron chi connectivity index (χ3n) is 1.12. The fraction of sp³-hybridized carbons (Fsp3) is 0. The minimum Gasteiger partial charge on any atom is -0.807 e. The number of hydrogen-bond acceptors (Lipinski definition) is 3. The summed E-state index contributed by atoms with van der Waals surface area (Å²) in [7, 11) is -4.58. The zero-order chi connectivity index (χ0) is 8.48. The molecule has 0 amide bonds. The minimum absolute atomic E-state index is 0.188. The summed E-state index contributed by atoms with van der Waals surface area (Å²) in [5.41, 5.74) is 0. The molecule has 0 aliphatic carbocycles. The van der Waals surface area contributed by atoms with Crippen molar-refractivity contribution in [2.75, 3.05) is 0 Å². The van der Waals surface area contributed by atoms with Crippen LogP contribution in [0.4, 0.5) is 0 Å². The van der Waals surface area contributed by atoms with E-state index < -0.39 is 7.60 Å².